The topological polar surface area (TPSA) is 244 Å². The van der Waals surface area contributed by atoms with Crippen molar-refractivity contribution in [2.45, 2.75) is 327 Å². The summed E-state index contributed by atoms with van der Waals surface area (Å²) < 4.78 is 0. The van der Waals surface area contributed by atoms with Crippen LogP contribution in [0.2, 0.25) is 0 Å². The fraction of sp³-hybridized carbons (Fsp3) is 0.660. The van der Waals surface area contributed by atoms with Crippen molar-refractivity contribution in [3.8, 4) is 0 Å². The third-order valence-electron chi connectivity index (χ3n) is 21.6. The van der Waals surface area contributed by atoms with E-state index in [0.29, 0.717) is 0 Å². The summed E-state index contributed by atoms with van der Waals surface area (Å²) in [5, 5.41) is 0. The zero-order valence-corrected chi connectivity index (χ0v) is 85.8. The van der Waals surface area contributed by atoms with Crippen LogP contribution < -0.4 is 0 Å². The summed E-state index contributed by atoms with van der Waals surface area (Å²) in [6.07, 6.45) is 47.3. The van der Waals surface area contributed by atoms with Gasteiger partial charge in [-0.25, -0.2) is 0 Å². The van der Waals surface area contributed by atoms with E-state index in [0.717, 1.165) is 310 Å². The normalized spacial score (nSPS) is 10.4. The van der Waals surface area contributed by atoms with E-state index in [9.17, 15) is 57.5 Å². The number of hydrogen-bond acceptors (Lipinski definition) is 12. The van der Waals surface area contributed by atoms with Crippen molar-refractivity contribution >= 4 is 70.9 Å². The van der Waals surface area contributed by atoms with E-state index in [4.69, 9.17) is 0 Å². The summed E-state index contributed by atoms with van der Waals surface area (Å²) >= 11 is 0. The molecule has 0 N–H and O–H groups in total. The molecule has 0 aliphatic heterocycles. The molecule has 130 heavy (non-hydrogen) atoms. The van der Waals surface area contributed by atoms with Gasteiger partial charge in [-0.15, -0.1) is 0 Å². The molecule has 0 spiro atoms. The van der Waals surface area contributed by atoms with E-state index in [1.165, 1.54) is 72.9 Å². The van der Waals surface area contributed by atoms with E-state index in [2.05, 4.69) is 107 Å². The summed E-state index contributed by atoms with van der Waals surface area (Å²) in [4.78, 5) is 161. The SMILES string of the molecule is C=CC(=O)N(C)CCCCCCN(C)C(=O)C=C.C=CC(=O)N(CC)CCCCCCN(CC)C(=O)C=C.C=CC(=O)N(CCC)CCCCCCN(CCC)C(=O)C=C.C=CC(=O)N(CCCC)CCCCCCN(CCCC)C(=O)C=C.C=CC(=O)N(CCCCCCN(C(=O)C=C)C(C)(C)C)C(C)(C)C.C=CC(=O)N(CCCCCCN(C(=O)C=C)C(C)C)C(C)C. The first-order valence-electron chi connectivity index (χ1n) is 48.6. The zero-order chi connectivity index (χ0) is 100. The predicted molar refractivity (Wildman–Crippen MR) is 546 cm³/mol. The van der Waals surface area contributed by atoms with Crippen LogP contribution in [0.3, 0.4) is 0 Å². The Morgan fingerprint density at radius 2 is 0.385 bits per heavy atom. The third kappa shape index (κ3) is 68.6. The predicted octanol–water partition coefficient (Wildman–Crippen LogP) is 19.6. The molecule has 0 fully saturated rings. The molecule has 0 rings (SSSR count). The number of carbonyl (C=O) groups is 12. The van der Waals surface area contributed by atoms with Gasteiger partial charge in [-0.05, 0) is 259 Å². The second kappa shape index (κ2) is 85.0. The minimum Gasteiger partial charge on any atom is -0.342 e. The van der Waals surface area contributed by atoms with Gasteiger partial charge >= 0.3 is 0 Å². The number of hydrogen-bond donors (Lipinski definition) is 0. The number of rotatable bonds is 68. The van der Waals surface area contributed by atoms with Gasteiger partial charge in [0.1, 0.15) is 0 Å². The van der Waals surface area contributed by atoms with Crippen molar-refractivity contribution in [3.05, 3.63) is 152 Å². The van der Waals surface area contributed by atoms with E-state index < -0.39 is 0 Å². The summed E-state index contributed by atoms with van der Waals surface area (Å²) in [6, 6.07) is 0.402. The maximum atomic E-state index is 11.9. The van der Waals surface area contributed by atoms with Crippen molar-refractivity contribution in [1.82, 2.24) is 58.8 Å². The van der Waals surface area contributed by atoms with Crippen LogP contribution in [0.4, 0.5) is 0 Å². The molecule has 0 aromatic rings. The van der Waals surface area contributed by atoms with Crippen LogP contribution in [0.5, 0.6) is 0 Å². The summed E-state index contributed by atoms with van der Waals surface area (Å²) in [7, 11) is 3.56. The van der Waals surface area contributed by atoms with Crippen molar-refractivity contribution in [2.75, 3.05) is 132 Å². The maximum Gasteiger partial charge on any atom is 0.246 e. The minimum atomic E-state index is -0.190. The largest absolute Gasteiger partial charge is 0.342 e. The molecule has 0 atom stereocenters. The van der Waals surface area contributed by atoms with Crippen LogP contribution in [0, 0.1) is 0 Å². The molecule has 0 heterocycles. The fourth-order valence-electron chi connectivity index (χ4n) is 13.7. The molecule has 24 nitrogen and oxygen atoms in total. The monoisotopic (exact) mass is 1820 g/mol. The van der Waals surface area contributed by atoms with Crippen LogP contribution in [0.15, 0.2) is 152 Å². The smallest absolute Gasteiger partial charge is 0.246 e. The van der Waals surface area contributed by atoms with E-state index in [1.807, 2.05) is 122 Å². The van der Waals surface area contributed by atoms with Crippen LogP contribution in [0.1, 0.15) is 303 Å². The minimum absolute atomic E-state index is 0.00115. The Morgan fingerprint density at radius 1 is 0.208 bits per heavy atom. The third-order valence-corrected chi connectivity index (χ3v) is 21.6. The lowest BCUT2D eigenvalue weighted by Gasteiger charge is -2.35. The van der Waals surface area contributed by atoms with Gasteiger partial charge < -0.3 is 58.8 Å². The van der Waals surface area contributed by atoms with Crippen LogP contribution in [-0.2, 0) is 57.5 Å². The molecule has 0 saturated carbocycles. The summed E-state index contributed by atoms with van der Waals surface area (Å²) in [5.41, 5.74) is -0.380. The van der Waals surface area contributed by atoms with E-state index >= 15 is 0 Å². The quantitative estimate of drug-likeness (QED) is 0.0408. The van der Waals surface area contributed by atoms with Gasteiger partial charge in [0.2, 0.25) is 70.9 Å². The van der Waals surface area contributed by atoms with Crippen molar-refractivity contribution < 1.29 is 57.5 Å². The standard InChI is InChI=1S/2C20H36N2O2.2C18H32N2O2.C16H28N2O2.C14H24N2O2/c1-9-17(23)21(19(3,4)5)15-13-11-12-14-16-22(18(24)10-2)20(6,7)8;1-5-9-15-21(19(23)7-3)17-13-11-12-14-18-22(16-10-6-2)20(24)8-4;1-7-17(21)19(15(3)4)13-11-9-10-12-14-20(16(5)6)18(22)8-2;1-5-13-19(17(21)7-3)15-11-9-10-12-16-20(14-6-2)18(22)8-4;1-5-15(19)17(7-3)13-11-9-10-12-14-18(8-4)16(20)6-2;1-5-13(17)15(3)11-9-7-8-10-12-16(4)14(18)6-2/h9-10H,1-2,11-16H2,3-8H3;7-8H,3-6,9-18H2,1-2H3;7-8,15-16H,1-2,9-14H2,3-6H3;7-8H,3-6,9-16H2,1-2H3;5-6H,1-2,7-14H2,3-4H3;5-6H,1-2,7-12H2,3-4H3. The zero-order valence-electron chi connectivity index (χ0n) is 85.8. The van der Waals surface area contributed by atoms with Crippen molar-refractivity contribution in [1.29, 1.82) is 0 Å². The van der Waals surface area contributed by atoms with Gasteiger partial charge in [0.25, 0.3) is 0 Å². The van der Waals surface area contributed by atoms with E-state index in [1.54, 1.807) is 33.7 Å². The van der Waals surface area contributed by atoms with Crippen LogP contribution in [-0.4, -0.2) is 285 Å². The van der Waals surface area contributed by atoms with Crippen molar-refractivity contribution in [3.63, 3.8) is 0 Å². The van der Waals surface area contributed by atoms with Crippen LogP contribution >= 0.6 is 0 Å². The average Bonchev–Trinajstić information content (AvgIpc) is 0.868. The molecule has 0 bridgehead atoms. The Balaban J connectivity index is -0.000000356. The first-order chi connectivity index (χ1) is 61.6. The number of likely N-dealkylation sites (N-methyl/N-ethyl adjacent to an activating group) is 4. The lowest BCUT2D eigenvalue weighted by molar-refractivity contribution is -0.131. The average molecular weight is 1820 g/mol. The molecular formula is C106H188N12O12. The molecule has 0 aliphatic rings. The van der Waals surface area contributed by atoms with Gasteiger partial charge in [0.05, 0.1) is 0 Å². The number of nitrogens with zero attached hydrogens (tertiary/aromatic N) is 12. The maximum absolute atomic E-state index is 11.9. The molecule has 12 amide bonds. The molecule has 0 aromatic carbocycles. The second-order valence-electron chi connectivity index (χ2n) is 34.9. The fourth-order valence-corrected chi connectivity index (χ4v) is 13.7. The first-order valence-corrected chi connectivity index (χ1v) is 48.6. The van der Waals surface area contributed by atoms with Gasteiger partial charge in [0, 0.05) is 155 Å². The lowest BCUT2D eigenvalue weighted by Crippen LogP contribution is -2.45. The van der Waals surface area contributed by atoms with E-state index in [-0.39, 0.29) is 94.0 Å². The number of amides is 12. The Morgan fingerprint density at radius 3 is 0.569 bits per heavy atom. The second-order valence-corrected chi connectivity index (χ2v) is 34.9. The first kappa shape index (κ1) is 131. The molecule has 0 aromatic heterocycles. The highest BCUT2D eigenvalue weighted by atomic mass is 16.2. The Hall–Kier alpha value is -9.48. The molecule has 24 heteroatoms. The lowest BCUT2D eigenvalue weighted by atomic mass is 10.0. The Labute approximate surface area is 793 Å². The highest BCUT2D eigenvalue weighted by Gasteiger charge is 2.26. The summed E-state index contributed by atoms with van der Waals surface area (Å²) in [6.45, 7) is 89.0. The summed E-state index contributed by atoms with van der Waals surface area (Å²) in [5.74, 6) is 0.00263. The van der Waals surface area contributed by atoms with Gasteiger partial charge in [0.15, 0.2) is 0 Å². The van der Waals surface area contributed by atoms with Crippen LogP contribution in [0.25, 0.3) is 0 Å². The molecule has 0 aliphatic carbocycles. The molecule has 0 radical (unpaired) electrons. The molecular weight excluding hydrogens is 1630 g/mol. The Bertz CT molecular complexity index is 3050. The number of carbonyl (C=O) groups excluding carboxylic acids is 12. The highest BCUT2D eigenvalue weighted by molar-refractivity contribution is 5.91. The highest BCUT2D eigenvalue weighted by Crippen LogP contribution is 2.20. The molecule has 0 saturated heterocycles. The molecule has 744 valence electrons. The van der Waals surface area contributed by atoms with Crippen molar-refractivity contribution in [2.24, 2.45) is 0 Å². The number of unbranched alkanes of at least 4 members (excludes halogenated alkanes) is 20. The molecule has 0 unspecified atom stereocenters. The van der Waals surface area contributed by atoms with Gasteiger partial charge in [-0.2, -0.15) is 0 Å². The van der Waals surface area contributed by atoms with Gasteiger partial charge in [-0.3, -0.25) is 57.5 Å². The van der Waals surface area contributed by atoms with Gasteiger partial charge in [-0.1, -0.05) is 197 Å². The Kier molecular flexibility index (Phi) is 85.9.